The van der Waals surface area contributed by atoms with Crippen LogP contribution in [0.1, 0.15) is 17.7 Å². The van der Waals surface area contributed by atoms with Gasteiger partial charge in [0.25, 0.3) is 0 Å². The number of nitrogens with one attached hydrogen (secondary N) is 1. The van der Waals surface area contributed by atoms with Crippen molar-refractivity contribution in [1.82, 2.24) is 9.88 Å². The Morgan fingerprint density at radius 3 is 2.96 bits per heavy atom. The average Bonchev–Trinajstić information content (AvgIpc) is 3.14. The zero-order valence-corrected chi connectivity index (χ0v) is 14.4. The van der Waals surface area contributed by atoms with Gasteiger partial charge in [0.15, 0.2) is 5.13 Å². The van der Waals surface area contributed by atoms with Crippen molar-refractivity contribution in [2.24, 2.45) is 5.92 Å². The SMILES string of the molecule is COc1ccccc1CN1C[C@@H](C(=O)Nc2nc(C)cs2)CC1=O. The van der Waals surface area contributed by atoms with Gasteiger partial charge in [-0.3, -0.25) is 9.59 Å². The maximum atomic E-state index is 12.3. The fourth-order valence-corrected chi connectivity index (χ4v) is 3.45. The van der Waals surface area contributed by atoms with E-state index < -0.39 is 0 Å². The molecule has 1 aliphatic heterocycles. The Morgan fingerprint density at radius 2 is 2.25 bits per heavy atom. The third-order valence-corrected chi connectivity index (χ3v) is 4.86. The van der Waals surface area contributed by atoms with E-state index in [9.17, 15) is 9.59 Å². The van der Waals surface area contributed by atoms with Gasteiger partial charge in [-0.1, -0.05) is 18.2 Å². The second-order valence-electron chi connectivity index (χ2n) is 5.77. The van der Waals surface area contributed by atoms with Crippen molar-refractivity contribution in [1.29, 1.82) is 0 Å². The second kappa shape index (κ2) is 7.00. The van der Waals surface area contributed by atoms with Crippen LogP contribution < -0.4 is 10.1 Å². The lowest BCUT2D eigenvalue weighted by Gasteiger charge is -2.18. The molecule has 6 nitrogen and oxygen atoms in total. The third-order valence-electron chi connectivity index (χ3n) is 3.99. The first kappa shape index (κ1) is 16.4. The Hall–Kier alpha value is -2.41. The molecule has 0 spiro atoms. The van der Waals surface area contributed by atoms with Gasteiger partial charge in [0, 0.05) is 30.5 Å². The minimum absolute atomic E-state index is 0.0172. The summed E-state index contributed by atoms with van der Waals surface area (Å²) in [7, 11) is 1.61. The van der Waals surface area contributed by atoms with Crippen LogP contribution in [0.4, 0.5) is 5.13 Å². The van der Waals surface area contributed by atoms with Crippen LogP contribution >= 0.6 is 11.3 Å². The number of para-hydroxylation sites is 1. The first-order valence-corrected chi connectivity index (χ1v) is 8.57. The number of carbonyl (C=O) groups excluding carboxylic acids is 2. The van der Waals surface area contributed by atoms with Crippen LogP contribution in [0.5, 0.6) is 5.75 Å². The van der Waals surface area contributed by atoms with Gasteiger partial charge in [0.2, 0.25) is 11.8 Å². The van der Waals surface area contributed by atoms with Crippen LogP contribution in [0.25, 0.3) is 0 Å². The van der Waals surface area contributed by atoms with Gasteiger partial charge >= 0.3 is 0 Å². The molecule has 2 aromatic rings. The van der Waals surface area contributed by atoms with Gasteiger partial charge in [-0.05, 0) is 13.0 Å². The van der Waals surface area contributed by atoms with Crippen molar-refractivity contribution >= 4 is 28.3 Å². The average molecular weight is 345 g/mol. The molecule has 1 aromatic carbocycles. The minimum atomic E-state index is -0.351. The molecule has 1 aliphatic rings. The van der Waals surface area contributed by atoms with E-state index in [1.807, 2.05) is 36.6 Å². The van der Waals surface area contributed by atoms with Crippen LogP contribution in [0.2, 0.25) is 0 Å². The lowest BCUT2D eigenvalue weighted by Crippen LogP contribution is -2.28. The van der Waals surface area contributed by atoms with Crippen molar-refractivity contribution in [3.05, 3.63) is 40.9 Å². The molecular weight excluding hydrogens is 326 g/mol. The van der Waals surface area contributed by atoms with Crippen molar-refractivity contribution in [2.75, 3.05) is 19.0 Å². The Balaban J connectivity index is 1.64. The highest BCUT2D eigenvalue weighted by molar-refractivity contribution is 7.13. The van der Waals surface area contributed by atoms with E-state index in [4.69, 9.17) is 4.74 Å². The monoisotopic (exact) mass is 345 g/mol. The maximum Gasteiger partial charge on any atom is 0.231 e. The molecule has 2 amide bonds. The summed E-state index contributed by atoms with van der Waals surface area (Å²) < 4.78 is 5.32. The number of carbonyl (C=O) groups is 2. The van der Waals surface area contributed by atoms with E-state index in [1.54, 1.807) is 12.0 Å². The molecular formula is C17H19N3O3S. The van der Waals surface area contributed by atoms with Crippen LogP contribution in [0.15, 0.2) is 29.6 Å². The molecule has 0 radical (unpaired) electrons. The molecule has 7 heteroatoms. The Bertz CT molecular complexity index is 759. The third kappa shape index (κ3) is 3.56. The fourth-order valence-electron chi connectivity index (χ4n) is 2.76. The Labute approximate surface area is 144 Å². The minimum Gasteiger partial charge on any atom is -0.496 e. The maximum absolute atomic E-state index is 12.3. The molecule has 1 saturated heterocycles. The van der Waals surface area contributed by atoms with Gasteiger partial charge in [0.05, 0.1) is 18.7 Å². The number of amides is 2. The Morgan fingerprint density at radius 1 is 1.46 bits per heavy atom. The quantitative estimate of drug-likeness (QED) is 0.903. The topological polar surface area (TPSA) is 71.5 Å². The zero-order valence-electron chi connectivity index (χ0n) is 13.6. The van der Waals surface area contributed by atoms with E-state index in [1.165, 1.54) is 11.3 Å². The highest BCUT2D eigenvalue weighted by Gasteiger charge is 2.34. The van der Waals surface area contributed by atoms with Crippen LogP contribution in [0.3, 0.4) is 0 Å². The normalized spacial score (nSPS) is 17.2. The second-order valence-corrected chi connectivity index (χ2v) is 6.63. The summed E-state index contributed by atoms with van der Waals surface area (Å²) in [6.45, 7) is 2.73. The molecule has 1 fully saturated rings. The summed E-state index contributed by atoms with van der Waals surface area (Å²) in [4.78, 5) is 30.5. The van der Waals surface area contributed by atoms with Crippen molar-refractivity contribution in [2.45, 2.75) is 19.9 Å². The number of rotatable bonds is 5. The van der Waals surface area contributed by atoms with E-state index in [2.05, 4.69) is 10.3 Å². The largest absolute Gasteiger partial charge is 0.496 e. The van der Waals surface area contributed by atoms with Crippen molar-refractivity contribution in [3.63, 3.8) is 0 Å². The predicted molar refractivity (Wildman–Crippen MR) is 92.0 cm³/mol. The van der Waals surface area contributed by atoms with Gasteiger partial charge in [-0.25, -0.2) is 4.98 Å². The van der Waals surface area contributed by atoms with Gasteiger partial charge < -0.3 is 15.0 Å². The summed E-state index contributed by atoms with van der Waals surface area (Å²) in [5, 5.41) is 5.25. The number of thiazole rings is 1. The summed E-state index contributed by atoms with van der Waals surface area (Å²) >= 11 is 1.39. The van der Waals surface area contributed by atoms with Gasteiger partial charge in [-0.15, -0.1) is 11.3 Å². The van der Waals surface area contributed by atoms with Crippen molar-refractivity contribution < 1.29 is 14.3 Å². The summed E-state index contributed by atoms with van der Waals surface area (Å²) in [5.74, 6) is 0.226. The summed E-state index contributed by atoms with van der Waals surface area (Å²) in [6, 6.07) is 7.59. The first-order chi connectivity index (χ1) is 11.6. The van der Waals surface area contributed by atoms with Gasteiger partial charge in [0.1, 0.15) is 5.75 Å². The summed E-state index contributed by atoms with van der Waals surface area (Å²) in [6.07, 6.45) is 0.228. The smallest absolute Gasteiger partial charge is 0.231 e. The molecule has 0 unspecified atom stereocenters. The predicted octanol–water partition coefficient (Wildman–Crippen LogP) is 2.45. The first-order valence-electron chi connectivity index (χ1n) is 7.69. The highest BCUT2D eigenvalue weighted by Crippen LogP contribution is 2.26. The molecule has 0 aliphatic carbocycles. The van der Waals surface area contributed by atoms with E-state index in [0.717, 1.165) is 17.0 Å². The molecule has 0 saturated carbocycles. The number of benzene rings is 1. The number of methoxy groups -OCH3 is 1. The number of ether oxygens (including phenoxy) is 1. The molecule has 24 heavy (non-hydrogen) atoms. The number of hydrogen-bond acceptors (Lipinski definition) is 5. The number of nitrogens with zero attached hydrogens (tertiary/aromatic N) is 2. The Kier molecular flexibility index (Phi) is 4.80. The number of likely N-dealkylation sites (tertiary alicyclic amines) is 1. The standard InChI is InChI=1S/C17H19N3O3S/c1-11-10-24-17(18-11)19-16(22)13-7-15(21)20(9-13)8-12-5-3-4-6-14(12)23-2/h3-6,10,13H,7-9H2,1-2H3,(H,18,19,22)/t13-/m0/s1. The number of hydrogen-bond donors (Lipinski definition) is 1. The number of aromatic nitrogens is 1. The van der Waals surface area contributed by atoms with E-state index in [-0.39, 0.29) is 24.2 Å². The number of aryl methyl sites for hydroxylation is 1. The summed E-state index contributed by atoms with van der Waals surface area (Å²) in [5.41, 5.74) is 1.81. The van der Waals surface area contributed by atoms with E-state index in [0.29, 0.717) is 18.2 Å². The van der Waals surface area contributed by atoms with Crippen LogP contribution in [-0.2, 0) is 16.1 Å². The van der Waals surface area contributed by atoms with E-state index >= 15 is 0 Å². The zero-order chi connectivity index (χ0) is 17.1. The fraction of sp³-hybridized carbons (Fsp3) is 0.353. The van der Waals surface area contributed by atoms with Gasteiger partial charge in [-0.2, -0.15) is 0 Å². The highest BCUT2D eigenvalue weighted by atomic mass is 32.1. The van der Waals surface area contributed by atoms with Crippen LogP contribution in [0, 0.1) is 12.8 Å². The molecule has 2 heterocycles. The van der Waals surface area contributed by atoms with Crippen LogP contribution in [-0.4, -0.2) is 35.4 Å². The molecule has 1 aromatic heterocycles. The molecule has 1 atom stereocenters. The number of anilines is 1. The molecule has 0 bridgehead atoms. The molecule has 3 rings (SSSR count). The molecule has 126 valence electrons. The lowest BCUT2D eigenvalue weighted by atomic mass is 10.1. The lowest BCUT2D eigenvalue weighted by molar-refractivity contribution is -0.128. The van der Waals surface area contributed by atoms with Crippen molar-refractivity contribution in [3.8, 4) is 5.75 Å². The molecule has 1 N–H and O–H groups in total.